The molecule has 88 valence electrons. The van der Waals surface area contributed by atoms with Crippen LogP contribution >= 0.6 is 23.4 Å². The Bertz CT molecular complexity index is 210. The number of hydrogen-bond donors (Lipinski definition) is 0. The summed E-state index contributed by atoms with van der Waals surface area (Å²) in [5.74, 6) is -0.193. The zero-order valence-electron chi connectivity index (χ0n) is 8.82. The Kier molecular flexibility index (Phi) is 8.61. The van der Waals surface area contributed by atoms with Crippen molar-refractivity contribution in [2.24, 2.45) is 0 Å². The van der Waals surface area contributed by atoms with Crippen LogP contribution in [0.25, 0.3) is 0 Å². The lowest BCUT2D eigenvalue weighted by atomic mass is 10.5. The maximum Gasteiger partial charge on any atom is 0.324 e. The molecule has 0 amide bonds. The highest BCUT2D eigenvalue weighted by Crippen LogP contribution is 2.10. The lowest BCUT2D eigenvalue weighted by Gasteiger charge is -2.07. The van der Waals surface area contributed by atoms with E-state index in [1.807, 2.05) is 0 Å². The molecule has 0 saturated carbocycles. The van der Waals surface area contributed by atoms with Crippen LogP contribution in [0.1, 0.15) is 13.8 Å². The molecule has 0 spiro atoms. The van der Waals surface area contributed by atoms with E-state index in [1.54, 1.807) is 13.8 Å². The van der Waals surface area contributed by atoms with Gasteiger partial charge in [-0.05, 0) is 13.8 Å². The third-order valence-corrected chi connectivity index (χ3v) is 2.86. The summed E-state index contributed by atoms with van der Waals surface area (Å²) in [6.07, 6.45) is 0. The lowest BCUT2D eigenvalue weighted by molar-refractivity contribution is -0.142. The Morgan fingerprint density at radius 2 is 1.87 bits per heavy atom. The largest absolute Gasteiger partial charge is 0.465 e. The maximum absolute atomic E-state index is 11.1. The Morgan fingerprint density at radius 1 is 1.27 bits per heavy atom. The van der Waals surface area contributed by atoms with Crippen molar-refractivity contribution in [1.82, 2.24) is 0 Å². The van der Waals surface area contributed by atoms with Gasteiger partial charge in [0.2, 0.25) is 0 Å². The van der Waals surface area contributed by atoms with E-state index < -0.39 is 11.3 Å². The monoisotopic (exact) mass is 254 g/mol. The van der Waals surface area contributed by atoms with E-state index in [1.165, 1.54) is 11.8 Å². The first kappa shape index (κ1) is 14.6. The van der Waals surface area contributed by atoms with Crippen molar-refractivity contribution in [3.8, 4) is 0 Å². The first-order valence-electron chi connectivity index (χ1n) is 4.65. The van der Waals surface area contributed by atoms with Crippen LogP contribution in [0.15, 0.2) is 0 Å². The average molecular weight is 255 g/mol. The number of rotatable bonds is 7. The molecule has 0 N–H and O–H groups in total. The van der Waals surface area contributed by atoms with Crippen molar-refractivity contribution in [3.05, 3.63) is 0 Å². The van der Waals surface area contributed by atoms with Gasteiger partial charge in [-0.25, -0.2) is 0 Å². The van der Waals surface area contributed by atoms with E-state index in [2.05, 4.69) is 0 Å². The molecule has 0 radical (unpaired) electrons. The molecule has 15 heavy (non-hydrogen) atoms. The van der Waals surface area contributed by atoms with Crippen LogP contribution in [0.4, 0.5) is 0 Å². The molecule has 0 aliphatic carbocycles. The summed E-state index contributed by atoms with van der Waals surface area (Å²) in [6, 6.07) is 0. The molecule has 0 heterocycles. The van der Waals surface area contributed by atoms with Gasteiger partial charge in [-0.15, -0.1) is 23.4 Å². The summed E-state index contributed by atoms with van der Waals surface area (Å²) in [5, 5.41) is -0.704. The highest BCUT2D eigenvalue weighted by atomic mass is 35.5. The van der Waals surface area contributed by atoms with Crippen LogP contribution in [0.5, 0.6) is 0 Å². The second kappa shape index (κ2) is 8.85. The summed E-state index contributed by atoms with van der Waals surface area (Å²) in [6.45, 7) is 4.13. The van der Waals surface area contributed by atoms with E-state index in [4.69, 9.17) is 21.1 Å². The van der Waals surface area contributed by atoms with Gasteiger partial charge in [-0.2, -0.15) is 0 Å². The molecule has 0 aromatic rings. The van der Waals surface area contributed by atoms with Gasteiger partial charge in [-0.3, -0.25) is 9.59 Å². The molecule has 0 fully saturated rings. The highest BCUT2D eigenvalue weighted by molar-refractivity contribution is 8.00. The van der Waals surface area contributed by atoms with Gasteiger partial charge in [0.05, 0.1) is 19.0 Å². The van der Waals surface area contributed by atoms with Crippen molar-refractivity contribution in [2.75, 3.05) is 24.7 Å². The van der Waals surface area contributed by atoms with Crippen LogP contribution < -0.4 is 0 Å². The SMILES string of the molecule is CCOC(=O)CSCC(Cl)C(=O)OCC. The number of carbonyl (C=O) groups is 2. The summed E-state index contributed by atoms with van der Waals surface area (Å²) >= 11 is 6.98. The fourth-order valence-corrected chi connectivity index (χ4v) is 1.79. The minimum Gasteiger partial charge on any atom is -0.465 e. The van der Waals surface area contributed by atoms with Gasteiger partial charge >= 0.3 is 11.9 Å². The molecular formula is C9H15ClO4S. The molecule has 0 aliphatic heterocycles. The third-order valence-electron chi connectivity index (χ3n) is 1.33. The van der Waals surface area contributed by atoms with Crippen LogP contribution in [0.2, 0.25) is 0 Å². The number of alkyl halides is 1. The van der Waals surface area contributed by atoms with E-state index in [0.29, 0.717) is 19.0 Å². The summed E-state index contributed by atoms with van der Waals surface area (Å²) in [5.41, 5.74) is 0. The number of carbonyl (C=O) groups excluding carboxylic acids is 2. The van der Waals surface area contributed by atoms with Crippen molar-refractivity contribution in [2.45, 2.75) is 19.2 Å². The normalized spacial score (nSPS) is 11.9. The maximum atomic E-state index is 11.1. The van der Waals surface area contributed by atoms with E-state index in [0.717, 1.165) is 0 Å². The number of ether oxygens (including phenoxy) is 2. The van der Waals surface area contributed by atoms with Gasteiger partial charge < -0.3 is 9.47 Å². The minimum atomic E-state index is -0.704. The van der Waals surface area contributed by atoms with Crippen LogP contribution in [-0.2, 0) is 19.1 Å². The number of thioether (sulfide) groups is 1. The van der Waals surface area contributed by atoms with Crippen LogP contribution in [-0.4, -0.2) is 42.0 Å². The summed E-state index contributed by atoms with van der Waals surface area (Å²) in [4.78, 5) is 22.0. The molecule has 1 unspecified atom stereocenters. The van der Waals surface area contributed by atoms with Crippen LogP contribution in [0, 0.1) is 0 Å². The van der Waals surface area contributed by atoms with Gasteiger partial charge in [0.1, 0.15) is 5.38 Å². The van der Waals surface area contributed by atoms with Crippen molar-refractivity contribution < 1.29 is 19.1 Å². The molecule has 6 heteroatoms. The van der Waals surface area contributed by atoms with Gasteiger partial charge in [0, 0.05) is 5.75 Å². The fourth-order valence-electron chi connectivity index (χ4n) is 0.749. The molecule has 0 rings (SSSR count). The Hall–Kier alpha value is -0.420. The second-order valence-corrected chi connectivity index (χ2v) is 4.10. The fraction of sp³-hybridized carbons (Fsp3) is 0.778. The summed E-state index contributed by atoms with van der Waals surface area (Å²) < 4.78 is 9.42. The predicted octanol–water partition coefficient (Wildman–Crippen LogP) is 1.45. The van der Waals surface area contributed by atoms with Crippen molar-refractivity contribution >= 4 is 35.3 Å². The number of esters is 2. The first-order chi connectivity index (χ1) is 7.11. The molecule has 0 bridgehead atoms. The average Bonchev–Trinajstić information content (AvgIpc) is 2.18. The van der Waals surface area contributed by atoms with Gasteiger partial charge in [0.15, 0.2) is 0 Å². The number of halogens is 1. The third kappa shape index (κ3) is 7.50. The second-order valence-electron chi connectivity index (χ2n) is 2.54. The molecule has 4 nitrogen and oxygen atoms in total. The van der Waals surface area contributed by atoms with Crippen molar-refractivity contribution in [3.63, 3.8) is 0 Å². The predicted molar refractivity (Wildman–Crippen MR) is 60.2 cm³/mol. The highest BCUT2D eigenvalue weighted by Gasteiger charge is 2.16. The molecule has 0 aromatic heterocycles. The quantitative estimate of drug-likeness (QED) is 0.509. The first-order valence-corrected chi connectivity index (χ1v) is 6.25. The van der Waals surface area contributed by atoms with E-state index >= 15 is 0 Å². The topological polar surface area (TPSA) is 52.6 Å². The van der Waals surface area contributed by atoms with E-state index in [-0.39, 0.29) is 11.7 Å². The van der Waals surface area contributed by atoms with Crippen LogP contribution in [0.3, 0.4) is 0 Å². The lowest BCUT2D eigenvalue weighted by Crippen LogP contribution is -2.21. The van der Waals surface area contributed by atoms with Gasteiger partial charge in [-0.1, -0.05) is 0 Å². The smallest absolute Gasteiger partial charge is 0.324 e. The Balaban J connectivity index is 3.58. The molecule has 0 aliphatic rings. The molecule has 1 atom stereocenters. The Morgan fingerprint density at radius 3 is 2.40 bits per heavy atom. The minimum absolute atomic E-state index is 0.205. The standard InChI is InChI=1S/C9H15ClO4S/c1-3-13-8(11)6-15-5-7(10)9(12)14-4-2/h7H,3-6H2,1-2H3. The zero-order chi connectivity index (χ0) is 11.7. The summed E-state index contributed by atoms with van der Waals surface area (Å²) in [7, 11) is 0. The number of hydrogen-bond acceptors (Lipinski definition) is 5. The molecular weight excluding hydrogens is 240 g/mol. The zero-order valence-corrected chi connectivity index (χ0v) is 10.4. The Labute approximate surface area is 98.6 Å². The van der Waals surface area contributed by atoms with E-state index in [9.17, 15) is 9.59 Å². The molecule has 0 saturated heterocycles. The van der Waals surface area contributed by atoms with Gasteiger partial charge in [0.25, 0.3) is 0 Å². The van der Waals surface area contributed by atoms with Crippen molar-refractivity contribution in [1.29, 1.82) is 0 Å². The molecule has 0 aromatic carbocycles.